The van der Waals surface area contributed by atoms with E-state index < -0.39 is 5.24 Å². The van der Waals surface area contributed by atoms with Gasteiger partial charge in [0, 0.05) is 12.0 Å². The van der Waals surface area contributed by atoms with E-state index in [1.807, 2.05) is 30.3 Å². The predicted octanol–water partition coefficient (Wildman–Crippen LogP) is 3.57. The van der Waals surface area contributed by atoms with Gasteiger partial charge >= 0.3 is 0 Å². The number of halogens is 1. The number of ether oxygens (including phenoxy) is 1. The molecule has 0 fully saturated rings. The number of benzene rings is 1. The molecule has 1 aromatic carbocycles. The Balaban J connectivity index is 1.99. The van der Waals surface area contributed by atoms with Crippen LogP contribution < -0.4 is 0 Å². The van der Waals surface area contributed by atoms with Crippen LogP contribution in [0.4, 0.5) is 0 Å². The first-order chi connectivity index (χ1) is 10.1. The Hall–Kier alpha value is -1.71. The molecule has 0 spiro atoms. The van der Waals surface area contributed by atoms with Gasteiger partial charge in [-0.2, -0.15) is 0 Å². The third-order valence-corrected chi connectivity index (χ3v) is 3.57. The number of hydrogen-bond acceptors (Lipinski definition) is 3. The molecule has 1 unspecified atom stereocenters. The van der Waals surface area contributed by atoms with E-state index in [0.29, 0.717) is 31.4 Å². The second-order valence-electron chi connectivity index (χ2n) is 4.95. The molecule has 0 saturated heterocycles. The molecular weight excluding hydrogens is 288 g/mol. The molecule has 4 heteroatoms. The van der Waals surface area contributed by atoms with Crippen molar-refractivity contribution in [3.8, 4) is 0 Å². The molecule has 0 bridgehead atoms. The van der Waals surface area contributed by atoms with Crippen molar-refractivity contribution in [2.45, 2.75) is 32.0 Å². The lowest BCUT2D eigenvalue weighted by Gasteiger charge is -2.16. The first-order valence-electron chi connectivity index (χ1n) is 6.90. The van der Waals surface area contributed by atoms with Crippen LogP contribution in [0.25, 0.3) is 0 Å². The van der Waals surface area contributed by atoms with Crippen molar-refractivity contribution in [1.29, 1.82) is 0 Å². The lowest BCUT2D eigenvalue weighted by Crippen LogP contribution is -2.17. The summed E-state index contributed by atoms with van der Waals surface area (Å²) in [6, 6.07) is 9.79. The fourth-order valence-electron chi connectivity index (χ4n) is 2.16. The number of allylic oxidation sites excluding steroid dienone is 4. The number of ketones is 1. The Morgan fingerprint density at radius 1 is 1.29 bits per heavy atom. The molecule has 21 heavy (non-hydrogen) atoms. The summed E-state index contributed by atoms with van der Waals surface area (Å²) in [5.41, 5.74) is 1.57. The number of rotatable bonds is 4. The van der Waals surface area contributed by atoms with Gasteiger partial charge in [0.25, 0.3) is 0 Å². The van der Waals surface area contributed by atoms with Crippen molar-refractivity contribution in [1.82, 2.24) is 0 Å². The Bertz CT molecular complexity index is 561. The fourth-order valence-corrected chi connectivity index (χ4v) is 2.32. The molecule has 0 N–H and O–H groups in total. The smallest absolute Gasteiger partial charge is 0.248 e. The van der Waals surface area contributed by atoms with Gasteiger partial charge in [0.1, 0.15) is 0 Å². The molecule has 1 aromatic rings. The van der Waals surface area contributed by atoms with Gasteiger partial charge in [-0.3, -0.25) is 9.59 Å². The van der Waals surface area contributed by atoms with Gasteiger partial charge in [0.15, 0.2) is 5.78 Å². The molecule has 1 atom stereocenters. The van der Waals surface area contributed by atoms with Crippen LogP contribution in [0.5, 0.6) is 0 Å². The molecule has 0 heterocycles. The van der Waals surface area contributed by atoms with Gasteiger partial charge in [-0.1, -0.05) is 42.5 Å². The maximum atomic E-state index is 11.8. The second kappa shape index (κ2) is 7.91. The number of carbonyl (C=O) groups excluding carboxylic acids is 2. The molecular formula is C17H17ClO3. The van der Waals surface area contributed by atoms with Crippen molar-refractivity contribution in [2.24, 2.45) is 0 Å². The zero-order chi connectivity index (χ0) is 15.1. The highest BCUT2D eigenvalue weighted by Crippen LogP contribution is 2.18. The molecule has 0 aliphatic heterocycles. The molecule has 110 valence electrons. The van der Waals surface area contributed by atoms with Crippen molar-refractivity contribution >= 4 is 22.6 Å². The first-order valence-corrected chi connectivity index (χ1v) is 7.28. The zero-order valence-corrected chi connectivity index (χ0v) is 12.4. The molecule has 0 saturated carbocycles. The van der Waals surface area contributed by atoms with Crippen molar-refractivity contribution in [2.75, 3.05) is 0 Å². The van der Waals surface area contributed by atoms with Crippen LogP contribution in [0.1, 0.15) is 24.8 Å². The summed E-state index contributed by atoms with van der Waals surface area (Å²) in [7, 11) is 0. The second-order valence-corrected chi connectivity index (χ2v) is 5.30. The summed E-state index contributed by atoms with van der Waals surface area (Å²) in [6.45, 7) is 0.455. The van der Waals surface area contributed by atoms with Crippen molar-refractivity contribution in [3.63, 3.8) is 0 Å². The fraction of sp³-hybridized carbons (Fsp3) is 0.294. The third kappa shape index (κ3) is 5.29. The highest BCUT2D eigenvalue weighted by Gasteiger charge is 2.17. The standard InChI is InChI=1S/C17H17ClO3/c18-17(20)14-7-4-8-15(19)11-16(10-9-14)21-12-13-5-2-1-3-6-13/h1-8,16H,9-12H2/b8-4-,14-7+. The van der Waals surface area contributed by atoms with E-state index in [9.17, 15) is 9.59 Å². The largest absolute Gasteiger partial charge is 0.373 e. The SMILES string of the molecule is O=C1/C=C\C=C(\C(=O)Cl)CCC(OCc2ccccc2)C1. The maximum Gasteiger partial charge on any atom is 0.248 e. The maximum absolute atomic E-state index is 11.8. The van der Waals surface area contributed by atoms with Gasteiger partial charge in [-0.25, -0.2) is 0 Å². The summed E-state index contributed by atoms with van der Waals surface area (Å²) in [4.78, 5) is 23.1. The van der Waals surface area contributed by atoms with Crippen LogP contribution >= 0.6 is 11.6 Å². The average molecular weight is 305 g/mol. The molecule has 1 aliphatic carbocycles. The number of hydrogen-bond donors (Lipinski definition) is 0. The van der Waals surface area contributed by atoms with Gasteiger partial charge in [-0.15, -0.1) is 0 Å². The van der Waals surface area contributed by atoms with Gasteiger partial charge in [0.05, 0.1) is 12.7 Å². The normalized spacial score (nSPS) is 23.4. The van der Waals surface area contributed by atoms with E-state index in [-0.39, 0.29) is 11.9 Å². The molecule has 2 rings (SSSR count). The average Bonchev–Trinajstić information content (AvgIpc) is 2.56. The summed E-state index contributed by atoms with van der Waals surface area (Å²) in [6.07, 6.45) is 5.87. The lowest BCUT2D eigenvalue weighted by atomic mass is 10.0. The molecule has 0 radical (unpaired) electrons. The van der Waals surface area contributed by atoms with Gasteiger partial charge in [0.2, 0.25) is 5.24 Å². The zero-order valence-electron chi connectivity index (χ0n) is 11.6. The topological polar surface area (TPSA) is 43.4 Å². The van der Waals surface area contributed by atoms with Gasteiger partial charge < -0.3 is 4.74 Å². The van der Waals surface area contributed by atoms with Crippen LogP contribution in [-0.4, -0.2) is 17.1 Å². The lowest BCUT2D eigenvalue weighted by molar-refractivity contribution is -0.117. The summed E-state index contributed by atoms with van der Waals surface area (Å²) >= 11 is 5.53. The third-order valence-electron chi connectivity index (χ3n) is 3.33. The minimum atomic E-state index is -0.476. The van der Waals surface area contributed by atoms with Gasteiger partial charge in [-0.05, 0) is 36.1 Å². The predicted molar refractivity (Wildman–Crippen MR) is 82.0 cm³/mol. The Kier molecular flexibility index (Phi) is 5.90. The molecule has 0 amide bonds. The van der Waals surface area contributed by atoms with Crippen LogP contribution in [0, 0.1) is 0 Å². The van der Waals surface area contributed by atoms with Crippen LogP contribution in [0.3, 0.4) is 0 Å². The van der Waals surface area contributed by atoms with Crippen LogP contribution in [0.2, 0.25) is 0 Å². The monoisotopic (exact) mass is 304 g/mol. The van der Waals surface area contributed by atoms with Crippen molar-refractivity contribution in [3.05, 3.63) is 59.7 Å². The van der Waals surface area contributed by atoms with E-state index >= 15 is 0 Å². The van der Waals surface area contributed by atoms with E-state index in [0.717, 1.165) is 5.56 Å². The molecule has 0 aromatic heterocycles. The summed E-state index contributed by atoms with van der Waals surface area (Å²) in [5.74, 6) is -0.00687. The summed E-state index contributed by atoms with van der Waals surface area (Å²) in [5, 5.41) is -0.476. The minimum absolute atomic E-state index is 0.00687. The Morgan fingerprint density at radius 3 is 2.76 bits per heavy atom. The molecule has 1 aliphatic rings. The van der Waals surface area contributed by atoms with Crippen LogP contribution in [-0.2, 0) is 20.9 Å². The van der Waals surface area contributed by atoms with E-state index in [2.05, 4.69) is 0 Å². The minimum Gasteiger partial charge on any atom is -0.373 e. The molecule has 3 nitrogen and oxygen atoms in total. The van der Waals surface area contributed by atoms with Crippen molar-refractivity contribution < 1.29 is 14.3 Å². The summed E-state index contributed by atoms with van der Waals surface area (Å²) < 4.78 is 5.82. The van der Waals surface area contributed by atoms with E-state index in [1.165, 1.54) is 6.08 Å². The first kappa shape index (κ1) is 15.7. The van der Waals surface area contributed by atoms with E-state index in [4.69, 9.17) is 16.3 Å². The Labute approximate surface area is 129 Å². The van der Waals surface area contributed by atoms with E-state index in [1.54, 1.807) is 12.2 Å². The Morgan fingerprint density at radius 2 is 2.05 bits per heavy atom. The highest BCUT2D eigenvalue weighted by atomic mass is 35.5. The quantitative estimate of drug-likeness (QED) is 0.799. The van der Waals surface area contributed by atoms with Crippen LogP contribution in [0.15, 0.2) is 54.1 Å². The number of carbonyl (C=O) groups is 2. The highest BCUT2D eigenvalue weighted by molar-refractivity contribution is 6.67.